The van der Waals surface area contributed by atoms with Gasteiger partial charge >= 0.3 is 6.18 Å². The van der Waals surface area contributed by atoms with Crippen LogP contribution in [0.4, 0.5) is 13.2 Å². The number of hydrogen-bond donors (Lipinski definition) is 0. The predicted molar refractivity (Wildman–Crippen MR) is 23.7 cm³/mol. The van der Waals surface area contributed by atoms with Crippen LogP contribution in [-0.4, -0.2) is 15.4 Å². The van der Waals surface area contributed by atoms with Gasteiger partial charge in [0.2, 0.25) is 0 Å². The lowest BCUT2D eigenvalue weighted by Gasteiger charge is -2.00. The molecule has 1 aromatic heterocycles. The maximum Gasteiger partial charge on any atom is 0.435 e. The molecule has 0 bridgehead atoms. The molecule has 1 rings (SSSR count). The summed E-state index contributed by atoms with van der Waals surface area (Å²) in [5.41, 5.74) is -1.08. The fourth-order valence-electron chi connectivity index (χ4n) is 0.354. The molecule has 0 saturated heterocycles. The highest BCUT2D eigenvalue weighted by molar-refractivity contribution is 4.98. The first kappa shape index (κ1) is 6.91. The summed E-state index contributed by atoms with van der Waals surface area (Å²) in [6, 6.07) is 0.632. The van der Waals surface area contributed by atoms with E-state index in [1.54, 1.807) is 0 Å². The van der Waals surface area contributed by atoms with Crippen LogP contribution in [0.25, 0.3) is 0 Å². The van der Waals surface area contributed by atoms with E-state index in [1.807, 2.05) is 6.20 Å². The zero-order valence-electron chi connectivity index (χ0n) is 4.55. The van der Waals surface area contributed by atoms with Crippen molar-refractivity contribution in [2.45, 2.75) is 6.18 Å². The van der Waals surface area contributed by atoms with E-state index >= 15 is 0 Å². The number of halogens is 3. The highest BCUT2D eigenvalue weighted by atomic mass is 19.4. The molecular formula is C4HF3N3. The summed E-state index contributed by atoms with van der Waals surface area (Å²) in [5, 5.41) is 8.48. The fourth-order valence-corrected chi connectivity index (χ4v) is 0.354. The van der Waals surface area contributed by atoms with Gasteiger partial charge in [-0.1, -0.05) is 0 Å². The van der Waals surface area contributed by atoms with Crippen molar-refractivity contribution in [3.05, 3.63) is 18.0 Å². The average molecular weight is 148 g/mol. The summed E-state index contributed by atoms with van der Waals surface area (Å²) < 4.78 is 34.9. The molecule has 0 aliphatic carbocycles. The zero-order chi connectivity index (χ0) is 7.61. The van der Waals surface area contributed by atoms with Crippen LogP contribution in [0.3, 0.4) is 0 Å². The van der Waals surface area contributed by atoms with Crippen molar-refractivity contribution < 1.29 is 13.2 Å². The van der Waals surface area contributed by atoms with Crippen molar-refractivity contribution in [1.82, 2.24) is 15.4 Å². The van der Waals surface area contributed by atoms with E-state index in [0.29, 0.717) is 6.07 Å². The lowest BCUT2D eigenvalue weighted by molar-refractivity contribution is -0.142. The minimum Gasteiger partial charge on any atom is -0.164 e. The molecule has 0 fully saturated rings. The molecular weight excluding hydrogens is 147 g/mol. The van der Waals surface area contributed by atoms with Crippen LogP contribution in [0.1, 0.15) is 5.69 Å². The maximum absolute atomic E-state index is 11.6. The number of alkyl halides is 3. The van der Waals surface area contributed by atoms with Crippen molar-refractivity contribution in [3.8, 4) is 0 Å². The van der Waals surface area contributed by atoms with Gasteiger partial charge in [-0.25, -0.2) is 0 Å². The molecule has 0 N–H and O–H groups in total. The smallest absolute Gasteiger partial charge is 0.164 e. The largest absolute Gasteiger partial charge is 0.435 e. The normalized spacial score (nSPS) is 11.5. The van der Waals surface area contributed by atoms with Crippen LogP contribution >= 0.6 is 0 Å². The van der Waals surface area contributed by atoms with Gasteiger partial charge in [-0.05, 0) is 5.21 Å². The Morgan fingerprint density at radius 3 is 2.40 bits per heavy atom. The van der Waals surface area contributed by atoms with Crippen molar-refractivity contribution in [3.63, 3.8) is 0 Å². The molecule has 1 heterocycles. The second-order valence-corrected chi connectivity index (χ2v) is 1.45. The lowest BCUT2D eigenvalue weighted by atomic mass is 10.4. The van der Waals surface area contributed by atoms with Gasteiger partial charge in [0.1, 0.15) is 6.20 Å². The Kier molecular flexibility index (Phi) is 1.52. The molecule has 0 atom stereocenters. The SMILES string of the molecule is FC(F)(F)c1c[c]nnn1. The third kappa shape index (κ3) is 1.40. The zero-order valence-corrected chi connectivity index (χ0v) is 4.55. The van der Waals surface area contributed by atoms with Crippen molar-refractivity contribution in [2.24, 2.45) is 0 Å². The van der Waals surface area contributed by atoms with E-state index in [9.17, 15) is 13.2 Å². The van der Waals surface area contributed by atoms with Gasteiger partial charge in [0, 0.05) is 6.07 Å². The Hall–Kier alpha value is -1.20. The molecule has 10 heavy (non-hydrogen) atoms. The number of hydrogen-bond acceptors (Lipinski definition) is 3. The molecule has 53 valence electrons. The Morgan fingerprint density at radius 2 is 2.10 bits per heavy atom. The molecule has 1 aromatic rings. The fraction of sp³-hybridized carbons (Fsp3) is 0.250. The van der Waals surface area contributed by atoms with E-state index in [2.05, 4.69) is 15.4 Å². The standard InChI is InChI=1S/C4HF3N3/c5-4(6,7)3-1-2-8-10-9-3/h1H. The summed E-state index contributed by atoms with van der Waals surface area (Å²) in [6.07, 6.45) is -2.53. The monoisotopic (exact) mass is 148 g/mol. The van der Waals surface area contributed by atoms with E-state index in [0.717, 1.165) is 0 Å². The molecule has 0 aliphatic heterocycles. The summed E-state index contributed by atoms with van der Waals surface area (Å²) in [4.78, 5) is 0. The van der Waals surface area contributed by atoms with Gasteiger partial charge < -0.3 is 0 Å². The molecule has 6 heteroatoms. The molecule has 3 nitrogen and oxygen atoms in total. The number of nitrogens with zero attached hydrogens (tertiary/aromatic N) is 3. The van der Waals surface area contributed by atoms with Gasteiger partial charge in [0.15, 0.2) is 5.69 Å². The summed E-state index contributed by atoms with van der Waals surface area (Å²) in [5.74, 6) is 0. The Morgan fingerprint density at radius 1 is 1.40 bits per heavy atom. The van der Waals surface area contributed by atoms with Gasteiger partial charge in [-0.3, -0.25) is 0 Å². The molecule has 0 unspecified atom stereocenters. The molecule has 1 radical (unpaired) electrons. The topological polar surface area (TPSA) is 38.7 Å². The average Bonchev–Trinajstić information content (AvgIpc) is 1.88. The van der Waals surface area contributed by atoms with Crippen molar-refractivity contribution in [2.75, 3.05) is 0 Å². The van der Waals surface area contributed by atoms with Crippen molar-refractivity contribution in [1.29, 1.82) is 0 Å². The molecule has 0 saturated carbocycles. The van der Waals surface area contributed by atoms with Crippen LogP contribution in [0.5, 0.6) is 0 Å². The molecule has 0 spiro atoms. The van der Waals surface area contributed by atoms with Gasteiger partial charge in [0.05, 0.1) is 0 Å². The van der Waals surface area contributed by atoms with Gasteiger partial charge in [-0.2, -0.15) is 13.2 Å². The van der Waals surface area contributed by atoms with E-state index in [1.165, 1.54) is 0 Å². The van der Waals surface area contributed by atoms with Crippen LogP contribution in [0.2, 0.25) is 0 Å². The molecule has 0 amide bonds. The lowest BCUT2D eigenvalue weighted by Crippen LogP contribution is -2.08. The van der Waals surface area contributed by atoms with E-state index < -0.39 is 11.9 Å². The third-order valence-electron chi connectivity index (χ3n) is 0.747. The Bertz CT molecular complexity index is 207. The first-order chi connectivity index (χ1) is 4.61. The van der Waals surface area contributed by atoms with Gasteiger partial charge in [0.25, 0.3) is 0 Å². The molecule has 0 aliphatic rings. The minimum atomic E-state index is -4.45. The van der Waals surface area contributed by atoms with Crippen LogP contribution < -0.4 is 0 Å². The highest BCUT2D eigenvalue weighted by Crippen LogP contribution is 2.25. The van der Waals surface area contributed by atoms with Crippen LogP contribution in [0.15, 0.2) is 6.07 Å². The first-order valence-corrected chi connectivity index (χ1v) is 2.24. The first-order valence-electron chi connectivity index (χ1n) is 2.24. The number of aromatic nitrogens is 3. The van der Waals surface area contributed by atoms with Gasteiger partial charge in [-0.15, -0.1) is 10.2 Å². The number of rotatable bonds is 0. The Balaban J connectivity index is 2.97. The van der Waals surface area contributed by atoms with Crippen molar-refractivity contribution >= 4 is 0 Å². The van der Waals surface area contributed by atoms with Crippen LogP contribution in [0, 0.1) is 6.20 Å². The quantitative estimate of drug-likeness (QED) is 0.543. The summed E-state index contributed by atoms with van der Waals surface area (Å²) in [6.45, 7) is 0. The highest BCUT2D eigenvalue weighted by Gasteiger charge is 2.32. The second-order valence-electron chi connectivity index (χ2n) is 1.45. The van der Waals surface area contributed by atoms with E-state index in [-0.39, 0.29) is 0 Å². The maximum atomic E-state index is 11.6. The summed E-state index contributed by atoms with van der Waals surface area (Å²) >= 11 is 0. The molecule has 0 aromatic carbocycles. The minimum absolute atomic E-state index is 0.632. The predicted octanol–water partition coefficient (Wildman–Crippen LogP) is 0.691. The third-order valence-corrected chi connectivity index (χ3v) is 0.747. The second kappa shape index (κ2) is 2.20. The van der Waals surface area contributed by atoms with E-state index in [4.69, 9.17) is 0 Å². The van der Waals surface area contributed by atoms with Crippen LogP contribution in [-0.2, 0) is 6.18 Å². The Labute approximate surface area is 53.9 Å². The summed E-state index contributed by atoms with van der Waals surface area (Å²) in [7, 11) is 0.